The van der Waals surface area contributed by atoms with Gasteiger partial charge < -0.3 is 15.1 Å². The maximum atomic E-state index is 13.0. The van der Waals surface area contributed by atoms with Gasteiger partial charge in [-0.15, -0.1) is 11.8 Å². The molecule has 3 aromatic rings. The first-order valence-corrected chi connectivity index (χ1v) is 9.92. The lowest BCUT2D eigenvalue weighted by Gasteiger charge is -2.15. The lowest BCUT2D eigenvalue weighted by molar-refractivity contribution is 0.0760. The fourth-order valence-electron chi connectivity index (χ4n) is 3.24. The molecular weight excluding hydrogens is 368 g/mol. The van der Waals surface area contributed by atoms with E-state index in [1.54, 1.807) is 16.7 Å². The van der Waals surface area contributed by atoms with Crippen molar-refractivity contribution in [3.05, 3.63) is 64.9 Å². The van der Waals surface area contributed by atoms with Crippen molar-refractivity contribution in [1.82, 2.24) is 4.90 Å². The van der Waals surface area contributed by atoms with Crippen LogP contribution in [-0.2, 0) is 5.75 Å². The van der Waals surface area contributed by atoms with Crippen molar-refractivity contribution in [3.63, 3.8) is 0 Å². The Kier molecular flexibility index (Phi) is 4.94. The highest BCUT2D eigenvalue weighted by Crippen LogP contribution is 2.35. The van der Waals surface area contributed by atoms with E-state index < -0.39 is 0 Å². The molecule has 2 aromatic carbocycles. The Labute approximate surface area is 161 Å². The summed E-state index contributed by atoms with van der Waals surface area (Å²) in [6, 6.07) is 15.5. The second kappa shape index (κ2) is 7.35. The van der Waals surface area contributed by atoms with Gasteiger partial charge in [-0.2, -0.15) is 0 Å². The van der Waals surface area contributed by atoms with Crippen LogP contribution in [0.1, 0.15) is 22.5 Å². The molecule has 1 fully saturated rings. The Balaban J connectivity index is 1.68. The van der Waals surface area contributed by atoms with E-state index in [0.717, 1.165) is 27.8 Å². The molecule has 2 N–H and O–H groups in total. The zero-order valence-corrected chi connectivity index (χ0v) is 15.7. The fraction of sp³-hybridized carbons (Fsp3) is 0.250. The number of carbonyl (C=O) groups excluding carboxylic acids is 1. The molecule has 4 nitrogen and oxygen atoms in total. The minimum Gasteiger partial charge on any atom is -0.451 e. The molecule has 1 atom stereocenters. The van der Waals surface area contributed by atoms with Crippen molar-refractivity contribution >= 4 is 40.2 Å². The smallest absolute Gasteiger partial charge is 0.289 e. The Morgan fingerprint density at radius 3 is 2.77 bits per heavy atom. The number of para-hydroxylation sites is 1. The molecule has 26 heavy (non-hydrogen) atoms. The molecule has 1 amide bonds. The van der Waals surface area contributed by atoms with Crippen molar-refractivity contribution in [2.24, 2.45) is 5.73 Å². The predicted molar refractivity (Wildman–Crippen MR) is 106 cm³/mol. The minimum absolute atomic E-state index is 0.0456. The van der Waals surface area contributed by atoms with E-state index in [-0.39, 0.29) is 11.9 Å². The van der Waals surface area contributed by atoms with Crippen LogP contribution in [0.5, 0.6) is 0 Å². The summed E-state index contributed by atoms with van der Waals surface area (Å²) in [5, 5.41) is 1.68. The number of benzene rings is 2. The van der Waals surface area contributed by atoms with Gasteiger partial charge in [0.05, 0.1) is 5.02 Å². The number of rotatable bonds is 4. The van der Waals surface area contributed by atoms with E-state index in [1.165, 1.54) is 0 Å². The van der Waals surface area contributed by atoms with Crippen LogP contribution >= 0.6 is 23.4 Å². The molecule has 1 aromatic heterocycles. The maximum absolute atomic E-state index is 13.0. The van der Waals surface area contributed by atoms with Gasteiger partial charge in [0.1, 0.15) is 5.58 Å². The zero-order chi connectivity index (χ0) is 18.1. The predicted octanol–water partition coefficient (Wildman–Crippen LogP) is 4.55. The third-order valence-corrected chi connectivity index (χ3v) is 6.15. The molecule has 134 valence electrons. The Morgan fingerprint density at radius 1 is 1.23 bits per heavy atom. The summed E-state index contributed by atoms with van der Waals surface area (Å²) in [6.07, 6.45) is 0.829. The number of amides is 1. The first-order chi connectivity index (χ1) is 12.6. The monoisotopic (exact) mass is 386 g/mol. The molecule has 6 heteroatoms. The van der Waals surface area contributed by atoms with Crippen LogP contribution < -0.4 is 5.73 Å². The third kappa shape index (κ3) is 3.34. The number of fused-ring (bicyclic) bond motifs is 1. The molecule has 2 heterocycles. The van der Waals surface area contributed by atoms with Crippen molar-refractivity contribution in [2.45, 2.75) is 23.1 Å². The van der Waals surface area contributed by atoms with Crippen LogP contribution in [0, 0.1) is 0 Å². The topological polar surface area (TPSA) is 59.5 Å². The number of carbonyl (C=O) groups is 1. The SMILES string of the molecule is N[C@@H]1CCN(C(=O)c2oc3ccccc3c2CSc2ccccc2Cl)C1. The number of hydrogen-bond donors (Lipinski definition) is 1. The molecule has 0 bridgehead atoms. The van der Waals surface area contributed by atoms with Crippen molar-refractivity contribution in [3.8, 4) is 0 Å². The number of halogens is 1. The molecule has 0 radical (unpaired) electrons. The summed E-state index contributed by atoms with van der Waals surface area (Å²) in [6.45, 7) is 1.25. The molecule has 1 saturated heterocycles. The number of thioether (sulfide) groups is 1. The maximum Gasteiger partial charge on any atom is 0.289 e. The lowest BCUT2D eigenvalue weighted by atomic mass is 10.1. The van der Waals surface area contributed by atoms with E-state index in [2.05, 4.69) is 0 Å². The summed E-state index contributed by atoms with van der Waals surface area (Å²) >= 11 is 7.88. The van der Waals surface area contributed by atoms with Crippen molar-refractivity contribution in [1.29, 1.82) is 0 Å². The molecule has 0 unspecified atom stereocenters. The van der Waals surface area contributed by atoms with Gasteiger partial charge in [0.15, 0.2) is 5.76 Å². The third-order valence-electron chi connectivity index (χ3n) is 4.61. The molecular formula is C20H19ClN2O2S. The Hall–Kier alpha value is -1.95. The highest BCUT2D eigenvalue weighted by Gasteiger charge is 2.29. The fourth-order valence-corrected chi connectivity index (χ4v) is 4.51. The van der Waals surface area contributed by atoms with Crippen LogP contribution in [0.4, 0.5) is 0 Å². The Bertz CT molecular complexity index is 956. The molecule has 4 rings (SSSR count). The van der Waals surface area contributed by atoms with Crippen molar-refractivity contribution in [2.75, 3.05) is 13.1 Å². The molecule has 0 saturated carbocycles. The summed E-state index contributed by atoms with van der Waals surface area (Å²) in [5.74, 6) is 0.950. The zero-order valence-electron chi connectivity index (χ0n) is 14.2. The Morgan fingerprint density at radius 2 is 2.00 bits per heavy atom. The second-order valence-corrected chi connectivity index (χ2v) is 7.85. The van der Waals surface area contributed by atoms with Crippen LogP contribution in [0.25, 0.3) is 11.0 Å². The summed E-state index contributed by atoms with van der Waals surface area (Å²) in [4.78, 5) is 15.8. The van der Waals surface area contributed by atoms with Gasteiger partial charge in [-0.1, -0.05) is 41.9 Å². The summed E-state index contributed by atoms with van der Waals surface area (Å²) < 4.78 is 5.95. The van der Waals surface area contributed by atoms with Crippen LogP contribution in [-0.4, -0.2) is 29.9 Å². The van der Waals surface area contributed by atoms with Gasteiger partial charge in [-0.05, 0) is 24.6 Å². The normalized spacial score (nSPS) is 17.2. The minimum atomic E-state index is -0.0797. The highest BCUT2D eigenvalue weighted by molar-refractivity contribution is 7.98. The largest absolute Gasteiger partial charge is 0.451 e. The lowest BCUT2D eigenvalue weighted by Crippen LogP contribution is -2.32. The van der Waals surface area contributed by atoms with E-state index >= 15 is 0 Å². The highest BCUT2D eigenvalue weighted by atomic mass is 35.5. The van der Waals surface area contributed by atoms with E-state index in [9.17, 15) is 4.79 Å². The van der Waals surface area contributed by atoms with Crippen LogP contribution in [0.15, 0.2) is 57.8 Å². The van der Waals surface area contributed by atoms with Gasteiger partial charge in [-0.3, -0.25) is 4.79 Å². The van der Waals surface area contributed by atoms with Gasteiger partial charge in [0, 0.05) is 40.7 Å². The van der Waals surface area contributed by atoms with Gasteiger partial charge in [0.25, 0.3) is 5.91 Å². The molecule has 0 spiro atoms. The molecule has 1 aliphatic heterocycles. The number of hydrogen-bond acceptors (Lipinski definition) is 4. The van der Waals surface area contributed by atoms with E-state index in [0.29, 0.717) is 29.6 Å². The molecule has 1 aliphatic rings. The van der Waals surface area contributed by atoms with Gasteiger partial charge >= 0.3 is 0 Å². The average Bonchev–Trinajstić information content (AvgIpc) is 3.24. The number of nitrogens with zero attached hydrogens (tertiary/aromatic N) is 1. The first kappa shape index (κ1) is 17.5. The molecule has 0 aliphatic carbocycles. The summed E-state index contributed by atoms with van der Waals surface area (Å²) in [5.41, 5.74) is 7.61. The van der Waals surface area contributed by atoms with Crippen molar-refractivity contribution < 1.29 is 9.21 Å². The average molecular weight is 387 g/mol. The van der Waals surface area contributed by atoms with E-state index in [1.807, 2.05) is 48.5 Å². The first-order valence-electron chi connectivity index (χ1n) is 8.56. The van der Waals surface area contributed by atoms with Gasteiger partial charge in [-0.25, -0.2) is 0 Å². The quantitative estimate of drug-likeness (QED) is 0.668. The van der Waals surface area contributed by atoms with Gasteiger partial charge in [0.2, 0.25) is 0 Å². The second-order valence-electron chi connectivity index (χ2n) is 6.42. The standard InChI is InChI=1S/C20H19ClN2O2S/c21-16-6-2-4-8-18(16)26-12-15-14-5-1-3-7-17(14)25-19(15)20(24)23-10-9-13(22)11-23/h1-8,13H,9-12,22H2/t13-/m1/s1. The number of furan rings is 1. The van der Waals surface area contributed by atoms with Crippen LogP contribution in [0.2, 0.25) is 5.02 Å². The van der Waals surface area contributed by atoms with E-state index in [4.69, 9.17) is 21.8 Å². The van der Waals surface area contributed by atoms with Crippen LogP contribution in [0.3, 0.4) is 0 Å². The number of likely N-dealkylation sites (tertiary alicyclic amines) is 1. The summed E-state index contributed by atoms with van der Waals surface area (Å²) in [7, 11) is 0. The number of nitrogens with two attached hydrogens (primary N) is 1.